The summed E-state index contributed by atoms with van der Waals surface area (Å²) < 4.78 is 23.0. The topological polar surface area (TPSA) is 66.5 Å². The van der Waals surface area contributed by atoms with Crippen molar-refractivity contribution in [1.29, 1.82) is 0 Å². The quantitative estimate of drug-likeness (QED) is 0.780. The van der Waals surface area contributed by atoms with E-state index in [4.69, 9.17) is 0 Å². The van der Waals surface area contributed by atoms with E-state index in [0.717, 1.165) is 25.9 Å². The lowest BCUT2D eigenvalue weighted by molar-refractivity contribution is 0.189. The number of hydrogen-bond acceptors (Lipinski definition) is 3. The van der Waals surface area contributed by atoms with E-state index >= 15 is 0 Å². The first kappa shape index (κ1) is 13.6. The van der Waals surface area contributed by atoms with Crippen LogP contribution in [-0.4, -0.2) is 49.5 Å². The Morgan fingerprint density at radius 1 is 1.17 bits per heavy atom. The molecule has 0 aromatic carbocycles. The van der Waals surface area contributed by atoms with Gasteiger partial charge in [0, 0.05) is 13.1 Å². The molecular formula is C12H22N2O3S. The normalized spacial score (nSPS) is 31.9. The van der Waals surface area contributed by atoms with E-state index in [-0.39, 0.29) is 17.5 Å². The van der Waals surface area contributed by atoms with Crippen LogP contribution in [0.1, 0.15) is 39.0 Å². The molecule has 1 unspecified atom stereocenters. The number of carbonyl (C=O) groups excluding carboxylic acids is 1. The lowest BCUT2D eigenvalue weighted by Gasteiger charge is -2.29. The molecule has 0 aromatic rings. The molecule has 104 valence electrons. The van der Waals surface area contributed by atoms with Crippen molar-refractivity contribution in [3.8, 4) is 0 Å². The van der Waals surface area contributed by atoms with Gasteiger partial charge in [0.05, 0.1) is 17.0 Å². The fraction of sp³-hybridized carbons (Fsp3) is 0.917. The predicted molar refractivity (Wildman–Crippen MR) is 70.2 cm³/mol. The molecule has 2 heterocycles. The first-order chi connectivity index (χ1) is 8.40. The summed E-state index contributed by atoms with van der Waals surface area (Å²) in [5, 5.41) is 2.92. The molecule has 2 aliphatic heterocycles. The highest BCUT2D eigenvalue weighted by molar-refractivity contribution is 7.91. The Labute approximate surface area is 109 Å². The molecule has 0 aliphatic carbocycles. The number of likely N-dealkylation sites (tertiary alicyclic amines) is 1. The van der Waals surface area contributed by atoms with E-state index in [2.05, 4.69) is 5.32 Å². The molecule has 6 heteroatoms. The summed E-state index contributed by atoms with van der Waals surface area (Å²) in [5.41, 5.74) is -0.581. The van der Waals surface area contributed by atoms with Crippen molar-refractivity contribution < 1.29 is 13.2 Å². The number of amides is 2. The summed E-state index contributed by atoms with van der Waals surface area (Å²) in [7, 11) is -2.97. The van der Waals surface area contributed by atoms with Crippen LogP contribution in [0.3, 0.4) is 0 Å². The Hall–Kier alpha value is -0.780. The molecule has 5 nitrogen and oxygen atoms in total. The first-order valence-electron chi connectivity index (χ1n) is 6.68. The fourth-order valence-electron chi connectivity index (χ4n) is 2.72. The molecule has 18 heavy (non-hydrogen) atoms. The average Bonchev–Trinajstić information content (AvgIpc) is 2.49. The second-order valence-corrected chi connectivity index (χ2v) is 7.92. The van der Waals surface area contributed by atoms with Crippen LogP contribution < -0.4 is 5.32 Å². The minimum absolute atomic E-state index is 0.0690. The minimum atomic E-state index is -2.97. The van der Waals surface area contributed by atoms with Crippen LogP contribution in [0.5, 0.6) is 0 Å². The second-order valence-electron chi connectivity index (χ2n) is 5.73. The molecule has 0 radical (unpaired) electrons. The van der Waals surface area contributed by atoms with Crippen molar-refractivity contribution in [3.63, 3.8) is 0 Å². The number of carbonyl (C=O) groups is 1. The second kappa shape index (κ2) is 5.07. The number of sulfone groups is 1. The van der Waals surface area contributed by atoms with Gasteiger partial charge in [-0.1, -0.05) is 12.8 Å². The average molecular weight is 274 g/mol. The molecule has 0 spiro atoms. The zero-order chi connectivity index (χ0) is 13.2. The zero-order valence-corrected chi connectivity index (χ0v) is 11.8. The lowest BCUT2D eigenvalue weighted by atomic mass is 10.0. The molecule has 1 N–H and O–H groups in total. The summed E-state index contributed by atoms with van der Waals surface area (Å²) in [5.74, 6) is 0.253. The molecule has 2 fully saturated rings. The summed E-state index contributed by atoms with van der Waals surface area (Å²) >= 11 is 0. The highest BCUT2D eigenvalue weighted by Gasteiger charge is 2.40. The molecule has 2 amide bonds. The van der Waals surface area contributed by atoms with Crippen LogP contribution in [0.2, 0.25) is 0 Å². The van der Waals surface area contributed by atoms with Crippen molar-refractivity contribution in [2.75, 3.05) is 24.6 Å². The zero-order valence-electron chi connectivity index (χ0n) is 10.9. The van der Waals surface area contributed by atoms with Crippen molar-refractivity contribution in [2.24, 2.45) is 0 Å². The Morgan fingerprint density at radius 3 is 2.28 bits per heavy atom. The third kappa shape index (κ3) is 3.37. The number of nitrogens with zero attached hydrogens (tertiary/aromatic N) is 1. The van der Waals surface area contributed by atoms with Gasteiger partial charge in [0.15, 0.2) is 9.84 Å². The van der Waals surface area contributed by atoms with Gasteiger partial charge in [0.1, 0.15) is 0 Å². The standard InChI is InChI=1S/C12H22N2O3S/c1-12(6-9-18(16,17)10-12)13-11(15)14-7-4-2-3-5-8-14/h2-10H2,1H3,(H,13,15). The molecule has 2 rings (SSSR count). The number of hydrogen-bond donors (Lipinski definition) is 1. The van der Waals surface area contributed by atoms with Gasteiger partial charge in [0.25, 0.3) is 0 Å². The Bertz CT molecular complexity index is 413. The molecule has 0 aromatic heterocycles. The summed E-state index contributed by atoms with van der Waals surface area (Å²) in [6.07, 6.45) is 4.96. The lowest BCUT2D eigenvalue weighted by Crippen LogP contribution is -2.52. The molecule has 1 atom stereocenters. The Balaban J connectivity index is 1.94. The van der Waals surface area contributed by atoms with Crippen molar-refractivity contribution in [2.45, 2.75) is 44.6 Å². The van der Waals surface area contributed by atoms with Gasteiger partial charge in [-0.05, 0) is 26.2 Å². The molecule has 2 aliphatic rings. The highest BCUT2D eigenvalue weighted by Crippen LogP contribution is 2.23. The molecule has 0 bridgehead atoms. The van der Waals surface area contributed by atoms with Gasteiger partial charge in [-0.25, -0.2) is 13.2 Å². The van der Waals surface area contributed by atoms with Crippen LogP contribution in [0.15, 0.2) is 0 Å². The SMILES string of the molecule is CC1(NC(=O)N2CCCCCC2)CCS(=O)(=O)C1. The summed E-state index contributed by atoms with van der Waals surface area (Å²) in [6, 6.07) is -0.100. The van der Waals surface area contributed by atoms with Crippen LogP contribution in [0, 0.1) is 0 Å². The smallest absolute Gasteiger partial charge is 0.317 e. The van der Waals surface area contributed by atoms with Crippen molar-refractivity contribution >= 4 is 15.9 Å². The van der Waals surface area contributed by atoms with Crippen LogP contribution >= 0.6 is 0 Å². The third-order valence-electron chi connectivity index (χ3n) is 3.81. The van der Waals surface area contributed by atoms with Gasteiger partial charge in [-0.2, -0.15) is 0 Å². The van der Waals surface area contributed by atoms with Crippen LogP contribution in [0.4, 0.5) is 4.79 Å². The molecular weight excluding hydrogens is 252 g/mol. The third-order valence-corrected chi connectivity index (χ3v) is 5.71. The highest BCUT2D eigenvalue weighted by atomic mass is 32.2. The van der Waals surface area contributed by atoms with Gasteiger partial charge >= 0.3 is 6.03 Å². The maximum Gasteiger partial charge on any atom is 0.317 e. The van der Waals surface area contributed by atoms with E-state index in [1.54, 1.807) is 0 Å². The molecule has 2 saturated heterocycles. The van der Waals surface area contributed by atoms with Crippen molar-refractivity contribution in [1.82, 2.24) is 10.2 Å². The van der Waals surface area contributed by atoms with E-state index in [9.17, 15) is 13.2 Å². The van der Waals surface area contributed by atoms with E-state index in [1.165, 1.54) is 12.8 Å². The Kier molecular flexibility index (Phi) is 3.84. The maximum absolute atomic E-state index is 12.1. The van der Waals surface area contributed by atoms with Crippen LogP contribution in [-0.2, 0) is 9.84 Å². The van der Waals surface area contributed by atoms with Crippen LogP contribution in [0.25, 0.3) is 0 Å². The van der Waals surface area contributed by atoms with Gasteiger partial charge in [-0.3, -0.25) is 0 Å². The Morgan fingerprint density at radius 2 is 1.78 bits per heavy atom. The van der Waals surface area contributed by atoms with E-state index < -0.39 is 15.4 Å². The summed E-state index contributed by atoms with van der Waals surface area (Å²) in [6.45, 7) is 3.40. The van der Waals surface area contributed by atoms with E-state index in [1.807, 2.05) is 11.8 Å². The number of urea groups is 1. The van der Waals surface area contributed by atoms with Gasteiger partial charge < -0.3 is 10.2 Å². The minimum Gasteiger partial charge on any atom is -0.332 e. The first-order valence-corrected chi connectivity index (χ1v) is 8.50. The van der Waals surface area contributed by atoms with Crippen molar-refractivity contribution in [3.05, 3.63) is 0 Å². The van der Waals surface area contributed by atoms with Gasteiger partial charge in [-0.15, -0.1) is 0 Å². The molecule has 0 saturated carbocycles. The number of rotatable bonds is 1. The van der Waals surface area contributed by atoms with E-state index in [0.29, 0.717) is 6.42 Å². The van der Waals surface area contributed by atoms with Gasteiger partial charge in [0.2, 0.25) is 0 Å². The monoisotopic (exact) mass is 274 g/mol. The largest absolute Gasteiger partial charge is 0.332 e. The summed E-state index contributed by atoms with van der Waals surface area (Å²) in [4.78, 5) is 14.0. The predicted octanol–water partition coefficient (Wildman–Crippen LogP) is 1.15. The maximum atomic E-state index is 12.1. The fourth-order valence-corrected chi connectivity index (χ4v) is 4.81. The number of nitrogens with one attached hydrogen (secondary N) is 1.